The van der Waals surface area contributed by atoms with Gasteiger partial charge in [0.05, 0.1) is 22.9 Å². The van der Waals surface area contributed by atoms with Gasteiger partial charge in [-0.1, -0.05) is 23.7 Å². The minimum absolute atomic E-state index is 0.0133. The first-order valence-electron chi connectivity index (χ1n) is 8.79. The summed E-state index contributed by atoms with van der Waals surface area (Å²) in [6.07, 6.45) is -3.72. The molecule has 2 aromatic rings. The summed E-state index contributed by atoms with van der Waals surface area (Å²) in [6.45, 7) is -0.383. The lowest BCUT2D eigenvalue weighted by molar-refractivity contribution is -0.384. The van der Waals surface area contributed by atoms with E-state index in [0.29, 0.717) is 22.8 Å². The average Bonchev–Trinajstić information content (AvgIpc) is 2.70. The van der Waals surface area contributed by atoms with Crippen LogP contribution in [0.1, 0.15) is 11.1 Å². The number of rotatable bonds is 6. The zero-order chi connectivity index (χ0) is 21.1. The molecule has 0 amide bonds. The molecule has 1 aliphatic heterocycles. The van der Waals surface area contributed by atoms with E-state index in [1.807, 2.05) is 0 Å². The molecular formula is C19H20ClNO7S. The Morgan fingerprint density at radius 1 is 1.07 bits per heavy atom. The second kappa shape index (κ2) is 9.29. The second-order valence-corrected chi connectivity index (χ2v) is 8.45. The molecule has 2 aromatic carbocycles. The third-order valence-electron chi connectivity index (χ3n) is 4.66. The van der Waals surface area contributed by atoms with Crippen LogP contribution in [0.2, 0.25) is 5.02 Å². The van der Waals surface area contributed by atoms with E-state index >= 15 is 0 Å². The summed E-state index contributed by atoms with van der Waals surface area (Å²) in [5, 5.41) is 50.2. The summed E-state index contributed by atoms with van der Waals surface area (Å²) < 4.78 is 5.90. The maximum absolute atomic E-state index is 10.8. The van der Waals surface area contributed by atoms with Gasteiger partial charge in [-0.05, 0) is 23.8 Å². The van der Waals surface area contributed by atoms with Gasteiger partial charge in [-0.25, -0.2) is 0 Å². The summed E-state index contributed by atoms with van der Waals surface area (Å²) in [5.74, 6) is 0.407. The van der Waals surface area contributed by atoms with Crippen molar-refractivity contribution in [1.82, 2.24) is 0 Å². The highest BCUT2D eigenvalue weighted by Gasteiger charge is 2.44. The van der Waals surface area contributed by atoms with Gasteiger partial charge in [-0.3, -0.25) is 10.1 Å². The zero-order valence-electron chi connectivity index (χ0n) is 15.1. The average molecular weight is 442 g/mol. The van der Waals surface area contributed by atoms with E-state index in [-0.39, 0.29) is 12.3 Å². The van der Waals surface area contributed by atoms with Crippen LogP contribution in [-0.2, 0) is 6.42 Å². The first-order chi connectivity index (χ1) is 13.8. The van der Waals surface area contributed by atoms with Gasteiger partial charge in [0.1, 0.15) is 18.0 Å². The molecule has 0 radical (unpaired) electrons. The molecule has 29 heavy (non-hydrogen) atoms. The molecule has 8 nitrogen and oxygen atoms in total. The summed E-state index contributed by atoms with van der Waals surface area (Å²) in [4.78, 5) is 10.3. The molecule has 0 aromatic heterocycles. The predicted molar refractivity (Wildman–Crippen MR) is 108 cm³/mol. The number of ether oxygens (including phenoxy) is 1. The fourth-order valence-corrected chi connectivity index (χ4v) is 4.47. The minimum Gasteiger partial charge on any atom is -0.477 e. The van der Waals surface area contributed by atoms with Crippen molar-refractivity contribution >= 4 is 29.1 Å². The number of nitrogens with zero attached hydrogens (tertiary/aromatic N) is 1. The largest absolute Gasteiger partial charge is 0.477 e. The lowest BCUT2D eigenvalue weighted by Gasteiger charge is -2.39. The van der Waals surface area contributed by atoms with E-state index in [4.69, 9.17) is 16.3 Å². The molecule has 3 rings (SSSR count). The van der Waals surface area contributed by atoms with Crippen LogP contribution in [0.5, 0.6) is 5.75 Å². The van der Waals surface area contributed by atoms with Crippen LogP contribution in [-0.4, -0.2) is 61.0 Å². The second-order valence-electron chi connectivity index (χ2n) is 6.67. The van der Waals surface area contributed by atoms with Crippen LogP contribution in [0, 0.1) is 10.1 Å². The quantitative estimate of drug-likeness (QED) is 0.393. The van der Waals surface area contributed by atoms with Crippen LogP contribution in [0.25, 0.3) is 0 Å². The summed E-state index contributed by atoms with van der Waals surface area (Å²) in [6, 6.07) is 11.0. The highest BCUT2D eigenvalue weighted by atomic mass is 35.5. The topological polar surface area (TPSA) is 133 Å². The number of aliphatic hydroxyl groups excluding tert-OH is 4. The van der Waals surface area contributed by atoms with Crippen LogP contribution in [0.3, 0.4) is 0 Å². The Bertz CT molecular complexity index is 864. The van der Waals surface area contributed by atoms with Crippen molar-refractivity contribution in [3.8, 4) is 5.75 Å². The minimum atomic E-state index is -1.45. The predicted octanol–water partition coefficient (Wildman–Crippen LogP) is 1.73. The first kappa shape index (κ1) is 21.8. The Kier molecular flexibility index (Phi) is 6.99. The summed E-state index contributed by atoms with van der Waals surface area (Å²) in [7, 11) is 0. The Labute approximate surface area is 175 Å². The Morgan fingerprint density at radius 3 is 2.38 bits per heavy atom. The summed E-state index contributed by atoms with van der Waals surface area (Å²) in [5.41, 5.74) is 0.548. The lowest BCUT2D eigenvalue weighted by Crippen LogP contribution is -2.55. The molecular weight excluding hydrogens is 422 g/mol. The molecule has 156 valence electrons. The van der Waals surface area contributed by atoms with E-state index < -0.39 is 33.9 Å². The number of benzene rings is 2. The molecule has 1 aliphatic rings. The van der Waals surface area contributed by atoms with Gasteiger partial charge in [0.25, 0.3) is 5.69 Å². The van der Waals surface area contributed by atoms with Crippen LogP contribution >= 0.6 is 23.4 Å². The number of non-ortho nitro benzene ring substituents is 1. The van der Waals surface area contributed by atoms with Crippen molar-refractivity contribution in [3.63, 3.8) is 0 Å². The summed E-state index contributed by atoms with van der Waals surface area (Å²) >= 11 is 7.13. The third-order valence-corrected chi connectivity index (χ3v) is 6.31. The number of aliphatic hydroxyl groups is 4. The maximum atomic E-state index is 10.8. The van der Waals surface area contributed by atoms with Crippen molar-refractivity contribution in [2.75, 3.05) is 6.61 Å². The van der Waals surface area contributed by atoms with Gasteiger partial charge in [-0.15, -0.1) is 11.8 Å². The molecule has 10 heteroatoms. The molecule has 1 fully saturated rings. The molecule has 5 atom stereocenters. The fourth-order valence-electron chi connectivity index (χ4n) is 3.05. The number of hydrogen-bond acceptors (Lipinski definition) is 8. The molecule has 1 heterocycles. The van der Waals surface area contributed by atoms with Crippen molar-refractivity contribution in [2.24, 2.45) is 0 Å². The van der Waals surface area contributed by atoms with Crippen LogP contribution in [0.15, 0.2) is 42.5 Å². The molecule has 0 aliphatic carbocycles. The van der Waals surface area contributed by atoms with E-state index in [9.17, 15) is 30.5 Å². The smallest absolute Gasteiger partial charge is 0.269 e. The van der Waals surface area contributed by atoms with Gasteiger partial charge >= 0.3 is 0 Å². The monoisotopic (exact) mass is 441 g/mol. The molecule has 0 spiro atoms. The Hall–Kier alpha value is -1.88. The van der Waals surface area contributed by atoms with Gasteiger partial charge < -0.3 is 25.2 Å². The number of nitro benzene ring substituents is 1. The Balaban J connectivity index is 1.82. The van der Waals surface area contributed by atoms with Gasteiger partial charge in [0.2, 0.25) is 0 Å². The normalized spacial score (nSPS) is 26.9. The molecule has 4 N–H and O–H groups in total. The van der Waals surface area contributed by atoms with E-state index in [0.717, 1.165) is 17.3 Å². The zero-order valence-corrected chi connectivity index (χ0v) is 16.7. The van der Waals surface area contributed by atoms with E-state index in [1.54, 1.807) is 30.3 Å². The third kappa shape index (κ3) is 5.00. The molecule has 0 bridgehead atoms. The van der Waals surface area contributed by atoms with Crippen molar-refractivity contribution < 1.29 is 30.1 Å². The number of thioether (sulfide) groups is 1. The van der Waals surface area contributed by atoms with Crippen LogP contribution in [0.4, 0.5) is 5.69 Å². The van der Waals surface area contributed by atoms with Crippen molar-refractivity contribution in [3.05, 3.63) is 68.7 Å². The van der Waals surface area contributed by atoms with Crippen molar-refractivity contribution in [2.45, 2.75) is 35.4 Å². The molecule has 5 unspecified atom stereocenters. The van der Waals surface area contributed by atoms with Crippen molar-refractivity contribution in [1.29, 1.82) is 0 Å². The van der Waals surface area contributed by atoms with Gasteiger partial charge in [0.15, 0.2) is 5.44 Å². The standard InChI is InChI=1S/C19H20ClNO7S/c20-12-3-6-14(28-19-18(25)17(24)16(23)15(9-22)29-19)11(8-12)7-10-1-4-13(5-2-10)21(26)27/h1-6,8,15-19,22-25H,7,9H2. The lowest BCUT2D eigenvalue weighted by atomic mass is 10.0. The Morgan fingerprint density at radius 2 is 1.76 bits per heavy atom. The molecule has 1 saturated heterocycles. The number of hydrogen-bond donors (Lipinski definition) is 4. The number of halogens is 1. The van der Waals surface area contributed by atoms with Gasteiger partial charge in [-0.2, -0.15) is 0 Å². The number of nitro groups is 1. The maximum Gasteiger partial charge on any atom is 0.269 e. The SMILES string of the molecule is O=[N+]([O-])c1ccc(Cc2cc(Cl)ccc2OC2SC(CO)C(O)C(O)C2O)cc1. The van der Waals surface area contributed by atoms with Crippen LogP contribution < -0.4 is 4.74 Å². The highest BCUT2D eigenvalue weighted by molar-refractivity contribution is 8.00. The molecule has 0 saturated carbocycles. The fraction of sp³-hybridized carbons (Fsp3) is 0.368. The first-order valence-corrected chi connectivity index (χ1v) is 10.1. The van der Waals surface area contributed by atoms with E-state index in [1.165, 1.54) is 12.1 Å². The highest BCUT2D eigenvalue weighted by Crippen LogP contribution is 2.36. The van der Waals surface area contributed by atoms with E-state index in [2.05, 4.69) is 0 Å². The van der Waals surface area contributed by atoms with Gasteiger partial charge in [0, 0.05) is 29.1 Å².